The Bertz CT molecular complexity index is 173. The lowest BCUT2D eigenvalue weighted by Crippen LogP contribution is -2.50. The minimum Gasteiger partial charge on any atom is -0.388 e. The fourth-order valence-electron chi connectivity index (χ4n) is 2.80. The van der Waals surface area contributed by atoms with Crippen LogP contribution in [0.25, 0.3) is 0 Å². The molecule has 0 bridgehead atoms. The maximum atomic E-state index is 10.5. The van der Waals surface area contributed by atoms with Crippen molar-refractivity contribution in [1.29, 1.82) is 0 Å². The number of nitrogens with one attached hydrogen (secondary N) is 1. The summed E-state index contributed by atoms with van der Waals surface area (Å²) in [4.78, 5) is 0. The molecule has 2 heteroatoms. The highest BCUT2D eigenvalue weighted by molar-refractivity contribution is 4.92. The van der Waals surface area contributed by atoms with E-state index in [1.165, 1.54) is 25.7 Å². The second-order valence-electron chi connectivity index (χ2n) is 5.11. The minimum atomic E-state index is -0.444. The molecule has 1 unspecified atom stereocenters. The zero-order chi connectivity index (χ0) is 11.3. The maximum Gasteiger partial charge on any atom is 0.0797 e. The molecule has 0 saturated heterocycles. The van der Waals surface area contributed by atoms with Gasteiger partial charge in [-0.25, -0.2) is 0 Å². The van der Waals surface area contributed by atoms with Gasteiger partial charge >= 0.3 is 0 Å². The molecule has 1 aliphatic rings. The van der Waals surface area contributed by atoms with Crippen molar-refractivity contribution in [3.63, 3.8) is 0 Å². The second kappa shape index (κ2) is 5.86. The zero-order valence-corrected chi connectivity index (χ0v) is 10.6. The third-order valence-corrected chi connectivity index (χ3v) is 3.98. The summed E-state index contributed by atoms with van der Waals surface area (Å²) in [6, 6.07) is 0.241. The molecule has 90 valence electrons. The van der Waals surface area contributed by atoms with Crippen LogP contribution in [0.5, 0.6) is 0 Å². The maximum absolute atomic E-state index is 10.5. The monoisotopic (exact) mass is 213 g/mol. The molecule has 0 aromatic carbocycles. The molecule has 0 amide bonds. The summed E-state index contributed by atoms with van der Waals surface area (Å²) in [6.07, 6.45) is 7.00. The van der Waals surface area contributed by atoms with E-state index in [9.17, 15) is 5.11 Å². The summed E-state index contributed by atoms with van der Waals surface area (Å²) >= 11 is 0. The van der Waals surface area contributed by atoms with Crippen LogP contribution in [0.15, 0.2) is 0 Å². The van der Waals surface area contributed by atoms with Crippen LogP contribution in [-0.4, -0.2) is 23.3 Å². The summed E-state index contributed by atoms with van der Waals surface area (Å²) < 4.78 is 0. The van der Waals surface area contributed by atoms with Crippen LogP contribution in [0.3, 0.4) is 0 Å². The molecule has 2 nitrogen and oxygen atoms in total. The number of aliphatic hydroxyl groups is 1. The summed E-state index contributed by atoms with van der Waals surface area (Å²) in [7, 11) is 0. The van der Waals surface area contributed by atoms with Crippen LogP contribution in [0.1, 0.15) is 59.3 Å². The Kier molecular flexibility index (Phi) is 5.07. The van der Waals surface area contributed by atoms with Gasteiger partial charge in [-0.3, -0.25) is 0 Å². The number of rotatable bonds is 5. The van der Waals surface area contributed by atoms with Crippen LogP contribution in [0.2, 0.25) is 0 Å². The van der Waals surface area contributed by atoms with Crippen molar-refractivity contribution in [2.24, 2.45) is 5.92 Å². The Hall–Kier alpha value is -0.0800. The van der Waals surface area contributed by atoms with Crippen molar-refractivity contribution in [3.05, 3.63) is 0 Å². The standard InChI is InChI=1S/C13H27NO/c1-4-6-12-7-9-13(15,10-8-12)11(3)14-5-2/h11-12,14-15H,4-10H2,1-3H3. The van der Waals surface area contributed by atoms with Crippen molar-refractivity contribution in [2.45, 2.75) is 70.9 Å². The number of hydrogen-bond acceptors (Lipinski definition) is 2. The van der Waals surface area contributed by atoms with Gasteiger partial charge in [0.25, 0.3) is 0 Å². The highest BCUT2D eigenvalue weighted by atomic mass is 16.3. The van der Waals surface area contributed by atoms with Crippen molar-refractivity contribution < 1.29 is 5.11 Å². The Morgan fingerprint density at radius 1 is 1.33 bits per heavy atom. The first kappa shape index (κ1) is 13.0. The lowest BCUT2D eigenvalue weighted by atomic mass is 9.74. The smallest absolute Gasteiger partial charge is 0.0797 e. The predicted molar refractivity (Wildman–Crippen MR) is 65.0 cm³/mol. The third kappa shape index (κ3) is 3.46. The molecule has 0 aromatic heterocycles. The molecule has 1 saturated carbocycles. The molecule has 2 N–H and O–H groups in total. The van der Waals surface area contributed by atoms with Crippen LogP contribution in [-0.2, 0) is 0 Å². The molecule has 1 aliphatic carbocycles. The van der Waals surface area contributed by atoms with Gasteiger partial charge in [-0.2, -0.15) is 0 Å². The van der Waals surface area contributed by atoms with Gasteiger partial charge in [0.2, 0.25) is 0 Å². The fourth-order valence-corrected chi connectivity index (χ4v) is 2.80. The number of likely N-dealkylation sites (N-methyl/N-ethyl adjacent to an activating group) is 1. The van der Waals surface area contributed by atoms with E-state index in [4.69, 9.17) is 0 Å². The highest BCUT2D eigenvalue weighted by Crippen LogP contribution is 2.36. The quantitative estimate of drug-likeness (QED) is 0.736. The minimum absolute atomic E-state index is 0.241. The van der Waals surface area contributed by atoms with E-state index in [1.807, 2.05) is 0 Å². The van der Waals surface area contributed by atoms with E-state index >= 15 is 0 Å². The molecule has 1 atom stereocenters. The Morgan fingerprint density at radius 2 is 1.93 bits per heavy atom. The topological polar surface area (TPSA) is 32.3 Å². The molecule has 0 spiro atoms. The average molecular weight is 213 g/mol. The van der Waals surface area contributed by atoms with Crippen molar-refractivity contribution in [2.75, 3.05) is 6.54 Å². The zero-order valence-electron chi connectivity index (χ0n) is 10.6. The van der Waals surface area contributed by atoms with Gasteiger partial charge in [0, 0.05) is 6.04 Å². The largest absolute Gasteiger partial charge is 0.388 e. The van der Waals surface area contributed by atoms with Gasteiger partial charge in [0.1, 0.15) is 0 Å². The van der Waals surface area contributed by atoms with E-state index in [0.717, 1.165) is 25.3 Å². The first-order valence-electron chi connectivity index (χ1n) is 6.58. The Morgan fingerprint density at radius 3 is 2.40 bits per heavy atom. The van der Waals surface area contributed by atoms with Gasteiger partial charge in [-0.05, 0) is 45.1 Å². The van der Waals surface area contributed by atoms with Gasteiger partial charge in [-0.1, -0.05) is 26.7 Å². The lowest BCUT2D eigenvalue weighted by Gasteiger charge is -2.40. The van der Waals surface area contributed by atoms with Crippen LogP contribution >= 0.6 is 0 Å². The molecular weight excluding hydrogens is 186 g/mol. The van der Waals surface area contributed by atoms with Gasteiger partial charge in [-0.15, -0.1) is 0 Å². The molecule has 0 aliphatic heterocycles. The average Bonchev–Trinajstić information content (AvgIpc) is 2.22. The summed E-state index contributed by atoms with van der Waals surface area (Å²) in [5.74, 6) is 0.865. The molecular formula is C13H27NO. The van der Waals surface area contributed by atoms with Gasteiger partial charge in [0.15, 0.2) is 0 Å². The predicted octanol–water partition coefficient (Wildman–Crippen LogP) is 2.71. The third-order valence-electron chi connectivity index (χ3n) is 3.98. The molecule has 0 heterocycles. The fraction of sp³-hybridized carbons (Fsp3) is 1.00. The van der Waals surface area contributed by atoms with E-state index in [2.05, 4.69) is 26.1 Å². The highest BCUT2D eigenvalue weighted by Gasteiger charge is 2.37. The Labute approximate surface area is 94.5 Å². The van der Waals surface area contributed by atoms with Crippen molar-refractivity contribution in [1.82, 2.24) is 5.32 Å². The molecule has 15 heavy (non-hydrogen) atoms. The number of hydrogen-bond donors (Lipinski definition) is 2. The first-order valence-corrected chi connectivity index (χ1v) is 6.58. The van der Waals surface area contributed by atoms with E-state index in [0.29, 0.717) is 0 Å². The summed E-state index contributed by atoms with van der Waals surface area (Å²) in [6.45, 7) is 7.41. The van der Waals surface area contributed by atoms with E-state index < -0.39 is 5.60 Å². The van der Waals surface area contributed by atoms with E-state index in [1.54, 1.807) is 0 Å². The van der Waals surface area contributed by atoms with Crippen LogP contribution in [0, 0.1) is 5.92 Å². The Balaban J connectivity index is 2.39. The van der Waals surface area contributed by atoms with Crippen molar-refractivity contribution in [3.8, 4) is 0 Å². The van der Waals surface area contributed by atoms with Gasteiger partial charge < -0.3 is 10.4 Å². The molecule has 0 aromatic rings. The SMILES string of the molecule is CCCC1CCC(O)(C(C)NCC)CC1. The summed E-state index contributed by atoms with van der Waals surface area (Å²) in [5.41, 5.74) is -0.444. The first-order chi connectivity index (χ1) is 7.12. The molecule has 0 radical (unpaired) electrons. The van der Waals surface area contributed by atoms with Crippen LogP contribution in [0.4, 0.5) is 0 Å². The second-order valence-corrected chi connectivity index (χ2v) is 5.11. The van der Waals surface area contributed by atoms with Crippen molar-refractivity contribution >= 4 is 0 Å². The normalized spacial score (nSPS) is 34.0. The lowest BCUT2D eigenvalue weighted by molar-refractivity contribution is -0.0367. The summed E-state index contributed by atoms with van der Waals surface area (Å²) in [5, 5.41) is 13.8. The van der Waals surface area contributed by atoms with E-state index in [-0.39, 0.29) is 6.04 Å². The van der Waals surface area contributed by atoms with Crippen LogP contribution < -0.4 is 5.32 Å². The molecule has 1 rings (SSSR count). The van der Waals surface area contributed by atoms with Gasteiger partial charge in [0.05, 0.1) is 5.60 Å². The molecule has 1 fully saturated rings.